The van der Waals surface area contributed by atoms with Crippen molar-refractivity contribution in [3.63, 3.8) is 0 Å². The van der Waals surface area contributed by atoms with Gasteiger partial charge in [-0.05, 0) is 49.2 Å². The normalized spacial score (nSPS) is 12.1. The summed E-state index contributed by atoms with van der Waals surface area (Å²) in [7, 11) is 0. The van der Waals surface area contributed by atoms with Gasteiger partial charge in [-0.3, -0.25) is 0 Å². The van der Waals surface area contributed by atoms with E-state index in [0.717, 1.165) is 17.1 Å². The lowest BCUT2D eigenvalue weighted by Crippen LogP contribution is -2.17. The zero-order valence-corrected chi connectivity index (χ0v) is 11.0. The molecule has 0 radical (unpaired) electrons. The molecule has 2 N–H and O–H groups in total. The van der Waals surface area contributed by atoms with Crippen LogP contribution < -0.4 is 5.32 Å². The summed E-state index contributed by atoms with van der Waals surface area (Å²) in [5, 5.41) is 13.4. The Labute approximate surface area is 112 Å². The van der Waals surface area contributed by atoms with Crippen molar-refractivity contribution in [3.8, 4) is 5.75 Å². The quantitative estimate of drug-likeness (QED) is 0.869. The smallest absolute Gasteiger partial charge is 0.115 e. The van der Waals surface area contributed by atoms with E-state index in [9.17, 15) is 5.11 Å². The van der Waals surface area contributed by atoms with Crippen LogP contribution >= 0.6 is 11.6 Å². The first-order valence-electron chi connectivity index (χ1n) is 5.93. The highest BCUT2D eigenvalue weighted by molar-refractivity contribution is 6.30. The average Bonchev–Trinajstić information content (AvgIpc) is 2.32. The highest BCUT2D eigenvalue weighted by atomic mass is 35.5. The lowest BCUT2D eigenvalue weighted by Gasteiger charge is -2.15. The third kappa shape index (κ3) is 3.67. The van der Waals surface area contributed by atoms with Crippen LogP contribution in [0.4, 0.5) is 5.69 Å². The Kier molecular flexibility index (Phi) is 4.11. The SMILES string of the molecule is CC(Cc1ccc(O)cc1)Nc1cccc(Cl)c1. The maximum Gasteiger partial charge on any atom is 0.115 e. The molecule has 0 amide bonds. The Bertz CT molecular complexity index is 510. The third-order valence-electron chi connectivity index (χ3n) is 2.72. The van der Waals surface area contributed by atoms with Crippen LogP contribution in [-0.4, -0.2) is 11.1 Å². The summed E-state index contributed by atoms with van der Waals surface area (Å²) in [5.74, 6) is 0.300. The van der Waals surface area contributed by atoms with Crippen LogP contribution in [0.5, 0.6) is 5.75 Å². The van der Waals surface area contributed by atoms with Gasteiger partial charge in [0.2, 0.25) is 0 Å². The maximum absolute atomic E-state index is 9.23. The monoisotopic (exact) mass is 261 g/mol. The molecule has 2 aromatic rings. The fourth-order valence-corrected chi connectivity index (χ4v) is 2.09. The highest BCUT2D eigenvalue weighted by Crippen LogP contribution is 2.17. The first-order valence-corrected chi connectivity index (χ1v) is 6.31. The summed E-state index contributed by atoms with van der Waals surface area (Å²) in [6.07, 6.45) is 0.896. The molecule has 0 bridgehead atoms. The number of phenolic OH excluding ortho intramolecular Hbond substituents is 1. The highest BCUT2D eigenvalue weighted by Gasteiger charge is 2.04. The van der Waals surface area contributed by atoms with Gasteiger partial charge >= 0.3 is 0 Å². The van der Waals surface area contributed by atoms with Crippen LogP contribution in [0.1, 0.15) is 12.5 Å². The van der Waals surface area contributed by atoms with Crippen molar-refractivity contribution in [1.82, 2.24) is 0 Å². The van der Waals surface area contributed by atoms with Gasteiger partial charge in [0.15, 0.2) is 0 Å². The average molecular weight is 262 g/mol. The lowest BCUT2D eigenvalue weighted by atomic mass is 10.1. The zero-order valence-electron chi connectivity index (χ0n) is 10.2. The first-order chi connectivity index (χ1) is 8.63. The first kappa shape index (κ1) is 12.8. The molecule has 3 heteroatoms. The van der Waals surface area contributed by atoms with Crippen LogP contribution in [0.2, 0.25) is 5.02 Å². The van der Waals surface area contributed by atoms with E-state index in [1.165, 1.54) is 5.56 Å². The van der Waals surface area contributed by atoms with Gasteiger partial charge in [0, 0.05) is 16.8 Å². The molecule has 0 heterocycles. The van der Waals surface area contributed by atoms with Crippen LogP contribution in [0, 0.1) is 0 Å². The second-order valence-corrected chi connectivity index (χ2v) is 4.86. The number of anilines is 1. The van der Waals surface area contributed by atoms with E-state index in [4.69, 9.17) is 11.6 Å². The molecule has 2 nitrogen and oxygen atoms in total. The number of hydrogen-bond donors (Lipinski definition) is 2. The van der Waals surface area contributed by atoms with Crippen molar-refractivity contribution in [1.29, 1.82) is 0 Å². The van der Waals surface area contributed by atoms with Crippen molar-refractivity contribution >= 4 is 17.3 Å². The Morgan fingerprint density at radius 1 is 1.17 bits per heavy atom. The predicted octanol–water partition coefficient (Wildman–Crippen LogP) is 4.09. The molecule has 2 aromatic carbocycles. The summed E-state index contributed by atoms with van der Waals surface area (Å²) < 4.78 is 0. The number of halogens is 1. The molecule has 1 atom stereocenters. The molecule has 0 aliphatic carbocycles. The molecule has 0 saturated carbocycles. The van der Waals surface area contributed by atoms with E-state index in [0.29, 0.717) is 11.8 Å². The van der Waals surface area contributed by atoms with Crippen LogP contribution in [0.3, 0.4) is 0 Å². The topological polar surface area (TPSA) is 32.3 Å². The summed E-state index contributed by atoms with van der Waals surface area (Å²) >= 11 is 5.94. The molecule has 94 valence electrons. The van der Waals surface area contributed by atoms with Crippen molar-refractivity contribution in [2.45, 2.75) is 19.4 Å². The number of benzene rings is 2. The van der Waals surface area contributed by atoms with E-state index in [-0.39, 0.29) is 0 Å². The minimum absolute atomic E-state index is 0.299. The Hall–Kier alpha value is -1.67. The third-order valence-corrected chi connectivity index (χ3v) is 2.95. The van der Waals surface area contributed by atoms with Crippen LogP contribution in [0.15, 0.2) is 48.5 Å². The largest absolute Gasteiger partial charge is 0.508 e. The van der Waals surface area contributed by atoms with Gasteiger partial charge in [0.1, 0.15) is 5.75 Å². The van der Waals surface area contributed by atoms with Gasteiger partial charge in [-0.15, -0.1) is 0 Å². The van der Waals surface area contributed by atoms with Gasteiger partial charge in [-0.25, -0.2) is 0 Å². The summed E-state index contributed by atoms with van der Waals surface area (Å²) in [5.41, 5.74) is 2.21. The minimum atomic E-state index is 0.299. The Morgan fingerprint density at radius 3 is 2.56 bits per heavy atom. The number of phenols is 1. The molecule has 18 heavy (non-hydrogen) atoms. The summed E-state index contributed by atoms with van der Waals surface area (Å²) in [6, 6.07) is 15.3. The summed E-state index contributed by atoms with van der Waals surface area (Å²) in [4.78, 5) is 0. The van der Waals surface area contributed by atoms with Gasteiger partial charge in [0.25, 0.3) is 0 Å². The lowest BCUT2D eigenvalue weighted by molar-refractivity contribution is 0.475. The van der Waals surface area contributed by atoms with Crippen molar-refractivity contribution in [2.24, 2.45) is 0 Å². The standard InChI is InChI=1S/C15H16ClNO/c1-11(9-12-5-7-15(18)8-6-12)17-14-4-2-3-13(16)10-14/h2-8,10-11,17-18H,9H2,1H3. The van der Waals surface area contributed by atoms with Gasteiger partial charge in [-0.2, -0.15) is 0 Å². The van der Waals surface area contributed by atoms with Crippen molar-refractivity contribution in [3.05, 3.63) is 59.1 Å². The van der Waals surface area contributed by atoms with Crippen molar-refractivity contribution in [2.75, 3.05) is 5.32 Å². The van der Waals surface area contributed by atoms with Crippen LogP contribution in [-0.2, 0) is 6.42 Å². The van der Waals surface area contributed by atoms with Gasteiger partial charge in [0.05, 0.1) is 0 Å². The molecular weight excluding hydrogens is 246 g/mol. The zero-order chi connectivity index (χ0) is 13.0. The molecule has 0 saturated heterocycles. The molecule has 0 aliphatic rings. The van der Waals surface area contributed by atoms with Gasteiger partial charge in [-0.1, -0.05) is 29.8 Å². The number of nitrogens with one attached hydrogen (secondary N) is 1. The summed E-state index contributed by atoms with van der Waals surface area (Å²) in [6.45, 7) is 2.12. The molecule has 0 aromatic heterocycles. The Morgan fingerprint density at radius 2 is 1.89 bits per heavy atom. The molecule has 0 fully saturated rings. The van der Waals surface area contributed by atoms with E-state index >= 15 is 0 Å². The number of aromatic hydroxyl groups is 1. The van der Waals surface area contributed by atoms with Crippen LogP contribution in [0.25, 0.3) is 0 Å². The second-order valence-electron chi connectivity index (χ2n) is 4.43. The molecule has 2 rings (SSSR count). The number of hydrogen-bond acceptors (Lipinski definition) is 2. The van der Waals surface area contributed by atoms with Crippen molar-refractivity contribution < 1.29 is 5.11 Å². The molecule has 0 aliphatic heterocycles. The molecular formula is C15H16ClNO. The van der Waals surface area contributed by atoms with E-state index < -0.39 is 0 Å². The number of rotatable bonds is 4. The molecule has 1 unspecified atom stereocenters. The second kappa shape index (κ2) is 5.78. The fraction of sp³-hybridized carbons (Fsp3) is 0.200. The minimum Gasteiger partial charge on any atom is -0.508 e. The molecule has 0 spiro atoms. The van der Waals surface area contributed by atoms with E-state index in [1.54, 1.807) is 12.1 Å². The predicted molar refractivity (Wildman–Crippen MR) is 76.3 cm³/mol. The van der Waals surface area contributed by atoms with E-state index in [1.807, 2.05) is 36.4 Å². The maximum atomic E-state index is 9.23. The Balaban J connectivity index is 1.96. The van der Waals surface area contributed by atoms with E-state index in [2.05, 4.69) is 12.2 Å². The fourth-order valence-electron chi connectivity index (χ4n) is 1.90. The van der Waals surface area contributed by atoms with Gasteiger partial charge < -0.3 is 10.4 Å².